The molecule has 34 heavy (non-hydrogen) atoms. The molecule has 0 spiro atoms. The maximum atomic E-state index is 10.5. The lowest BCUT2D eigenvalue weighted by atomic mass is 9.72. The van der Waals surface area contributed by atoms with Gasteiger partial charge in [-0.05, 0) is 66.3 Å². The summed E-state index contributed by atoms with van der Waals surface area (Å²) in [7, 11) is 1.63. The molecule has 0 aliphatic rings. The Morgan fingerprint density at radius 2 is 1.26 bits per heavy atom. The highest BCUT2D eigenvalue weighted by Crippen LogP contribution is 2.41. The van der Waals surface area contributed by atoms with E-state index in [0.29, 0.717) is 12.2 Å². The lowest BCUT2D eigenvalue weighted by Gasteiger charge is -2.32. The van der Waals surface area contributed by atoms with E-state index in [1.165, 1.54) is 0 Å². The summed E-state index contributed by atoms with van der Waals surface area (Å²) in [6.45, 7) is 14.5. The van der Waals surface area contributed by atoms with Gasteiger partial charge in [0.05, 0.1) is 12.7 Å². The molecule has 1 atom stereocenters. The number of aromatic hydroxyl groups is 2. The fourth-order valence-corrected chi connectivity index (χ4v) is 4.60. The number of rotatable bonds is 7. The Bertz CT molecular complexity index is 1190. The molecule has 0 amide bonds. The Morgan fingerprint density at radius 3 is 1.76 bits per heavy atom. The predicted molar refractivity (Wildman–Crippen MR) is 138 cm³/mol. The Balaban J connectivity index is 2.10. The molecule has 0 bridgehead atoms. The third-order valence-corrected chi connectivity index (χ3v) is 7.21. The zero-order chi connectivity index (χ0) is 25.4. The first-order valence-electron chi connectivity index (χ1n) is 11.8. The average Bonchev–Trinajstić information content (AvgIpc) is 2.78. The summed E-state index contributed by atoms with van der Waals surface area (Å²) in [6.07, 6.45) is -0.751. The molecule has 0 aliphatic carbocycles. The maximum absolute atomic E-state index is 10.5. The Morgan fingerprint density at radius 1 is 0.765 bits per heavy atom. The number of methoxy groups -OCH3 is 1. The van der Waals surface area contributed by atoms with Crippen LogP contribution in [-0.4, -0.2) is 22.4 Å². The standard InChI is InChI=1S/C30H38O4/c1-18-12-24(14-21(17-34-8)27(18)32)29(4,5)22-10-9-11-23(15-22)30(6,7)25-13-19(2)28(33)26(16-25)20(3)31/h9-16,20,31-33H,17H2,1-8H3. The van der Waals surface area contributed by atoms with Gasteiger partial charge in [-0.25, -0.2) is 0 Å². The molecule has 3 aromatic rings. The third-order valence-electron chi connectivity index (χ3n) is 7.21. The molecule has 0 heterocycles. The molecule has 3 aromatic carbocycles. The number of hydrogen-bond donors (Lipinski definition) is 3. The van der Waals surface area contributed by atoms with Gasteiger partial charge < -0.3 is 20.1 Å². The van der Waals surface area contributed by atoms with E-state index >= 15 is 0 Å². The van der Waals surface area contributed by atoms with Crippen LogP contribution in [0.1, 0.15) is 85.2 Å². The van der Waals surface area contributed by atoms with Crippen molar-refractivity contribution >= 4 is 0 Å². The van der Waals surface area contributed by atoms with E-state index in [1.807, 2.05) is 38.1 Å². The van der Waals surface area contributed by atoms with Crippen LogP contribution in [-0.2, 0) is 22.2 Å². The minimum absolute atomic E-state index is 0.152. The molecular weight excluding hydrogens is 424 g/mol. The molecule has 0 aromatic heterocycles. The van der Waals surface area contributed by atoms with Crippen molar-refractivity contribution in [3.63, 3.8) is 0 Å². The van der Waals surface area contributed by atoms with Crippen LogP contribution in [0.4, 0.5) is 0 Å². The normalized spacial score (nSPS) is 13.2. The number of phenols is 2. The molecular formula is C30H38O4. The van der Waals surface area contributed by atoms with Gasteiger partial charge in [0.15, 0.2) is 0 Å². The van der Waals surface area contributed by atoms with Crippen LogP contribution in [0.15, 0.2) is 48.5 Å². The van der Waals surface area contributed by atoms with E-state index in [2.05, 4.69) is 52.0 Å². The largest absolute Gasteiger partial charge is 0.507 e. The van der Waals surface area contributed by atoms with Crippen LogP contribution < -0.4 is 0 Å². The first-order valence-corrected chi connectivity index (χ1v) is 11.8. The topological polar surface area (TPSA) is 69.9 Å². The van der Waals surface area contributed by atoms with Crippen molar-refractivity contribution in [2.75, 3.05) is 7.11 Å². The molecule has 0 saturated carbocycles. The molecule has 0 fully saturated rings. The summed E-state index contributed by atoms with van der Waals surface area (Å²) in [5.74, 6) is 0.437. The highest BCUT2D eigenvalue weighted by atomic mass is 16.5. The van der Waals surface area contributed by atoms with Crippen molar-refractivity contribution in [2.24, 2.45) is 0 Å². The first-order chi connectivity index (χ1) is 15.8. The quantitative estimate of drug-likeness (QED) is 0.372. The van der Waals surface area contributed by atoms with Crippen LogP contribution in [0.2, 0.25) is 0 Å². The lowest BCUT2D eigenvalue weighted by Crippen LogP contribution is -2.23. The van der Waals surface area contributed by atoms with Crippen LogP contribution in [0.3, 0.4) is 0 Å². The lowest BCUT2D eigenvalue weighted by molar-refractivity contribution is 0.181. The van der Waals surface area contributed by atoms with Gasteiger partial charge in [-0.1, -0.05) is 64.1 Å². The molecule has 0 saturated heterocycles. The fraction of sp³-hybridized carbons (Fsp3) is 0.400. The average molecular weight is 463 g/mol. The second-order valence-electron chi connectivity index (χ2n) is 10.5. The zero-order valence-corrected chi connectivity index (χ0v) is 21.7. The molecule has 3 rings (SSSR count). The van der Waals surface area contributed by atoms with Gasteiger partial charge in [0.1, 0.15) is 11.5 Å². The molecule has 0 radical (unpaired) electrons. The van der Waals surface area contributed by atoms with E-state index in [-0.39, 0.29) is 22.3 Å². The fourth-order valence-electron chi connectivity index (χ4n) is 4.60. The number of phenolic OH excluding ortho intramolecular Hbond substituents is 2. The van der Waals surface area contributed by atoms with Gasteiger partial charge in [-0.15, -0.1) is 0 Å². The summed E-state index contributed by atoms with van der Waals surface area (Å²) in [5.41, 5.74) is 6.73. The third kappa shape index (κ3) is 4.70. The number of aliphatic hydroxyl groups excluding tert-OH is 1. The first kappa shape index (κ1) is 25.8. The maximum Gasteiger partial charge on any atom is 0.124 e. The molecule has 0 aliphatic heterocycles. The number of aryl methyl sites for hydroxylation is 2. The molecule has 4 heteroatoms. The number of ether oxygens (including phenoxy) is 1. The monoisotopic (exact) mass is 462 g/mol. The number of aliphatic hydroxyl groups is 1. The van der Waals surface area contributed by atoms with Crippen molar-refractivity contribution in [3.8, 4) is 11.5 Å². The summed E-state index contributed by atoms with van der Waals surface area (Å²) in [5, 5.41) is 31.1. The highest BCUT2D eigenvalue weighted by molar-refractivity contribution is 5.52. The van der Waals surface area contributed by atoms with E-state index in [0.717, 1.165) is 38.9 Å². The predicted octanol–water partition coefficient (Wildman–Crippen LogP) is 6.57. The SMILES string of the molecule is COCc1cc(C(C)(C)c2cccc(C(C)(C)c3cc(C)c(O)c(C(C)O)c3)c2)cc(C)c1O. The van der Waals surface area contributed by atoms with Crippen LogP contribution in [0.5, 0.6) is 11.5 Å². The summed E-state index contributed by atoms with van der Waals surface area (Å²) in [6, 6.07) is 16.6. The van der Waals surface area contributed by atoms with Gasteiger partial charge in [0, 0.05) is 29.1 Å². The van der Waals surface area contributed by atoms with Gasteiger partial charge in [-0.3, -0.25) is 0 Å². The van der Waals surface area contributed by atoms with Crippen molar-refractivity contribution in [3.05, 3.63) is 93.0 Å². The van der Waals surface area contributed by atoms with Gasteiger partial charge in [0.2, 0.25) is 0 Å². The number of hydrogen-bond acceptors (Lipinski definition) is 4. The van der Waals surface area contributed by atoms with Gasteiger partial charge in [-0.2, -0.15) is 0 Å². The van der Waals surface area contributed by atoms with E-state index in [4.69, 9.17) is 4.74 Å². The molecule has 1 unspecified atom stereocenters. The second-order valence-corrected chi connectivity index (χ2v) is 10.5. The minimum Gasteiger partial charge on any atom is -0.507 e. The minimum atomic E-state index is -0.751. The van der Waals surface area contributed by atoms with Crippen molar-refractivity contribution in [1.29, 1.82) is 0 Å². The number of benzene rings is 3. The van der Waals surface area contributed by atoms with Crippen molar-refractivity contribution in [2.45, 2.75) is 72.0 Å². The molecule has 182 valence electrons. The Kier molecular flexibility index (Phi) is 7.16. The van der Waals surface area contributed by atoms with Gasteiger partial charge in [0.25, 0.3) is 0 Å². The van der Waals surface area contributed by atoms with Crippen LogP contribution >= 0.6 is 0 Å². The highest BCUT2D eigenvalue weighted by Gasteiger charge is 2.30. The van der Waals surface area contributed by atoms with Crippen molar-refractivity contribution < 1.29 is 20.1 Å². The molecule has 4 nitrogen and oxygen atoms in total. The van der Waals surface area contributed by atoms with E-state index < -0.39 is 6.10 Å². The van der Waals surface area contributed by atoms with E-state index in [9.17, 15) is 15.3 Å². The molecule has 3 N–H and O–H groups in total. The smallest absolute Gasteiger partial charge is 0.124 e. The summed E-state index contributed by atoms with van der Waals surface area (Å²) >= 11 is 0. The Hall–Kier alpha value is -2.82. The van der Waals surface area contributed by atoms with Crippen LogP contribution in [0.25, 0.3) is 0 Å². The Labute approximate surface area is 203 Å². The van der Waals surface area contributed by atoms with Crippen molar-refractivity contribution in [1.82, 2.24) is 0 Å². The van der Waals surface area contributed by atoms with Gasteiger partial charge >= 0.3 is 0 Å². The summed E-state index contributed by atoms with van der Waals surface area (Å²) in [4.78, 5) is 0. The second kappa shape index (κ2) is 9.44. The zero-order valence-electron chi connectivity index (χ0n) is 21.7. The summed E-state index contributed by atoms with van der Waals surface area (Å²) < 4.78 is 5.30. The van der Waals surface area contributed by atoms with Crippen LogP contribution in [0, 0.1) is 13.8 Å². The van der Waals surface area contributed by atoms with E-state index in [1.54, 1.807) is 14.0 Å².